The number of aryl methyl sites for hydroxylation is 1. The Balaban J connectivity index is 1.77. The molecule has 2 aromatic heterocycles. The molecule has 0 saturated carbocycles. The van der Waals surface area contributed by atoms with Gasteiger partial charge in [-0.1, -0.05) is 40.6 Å². The lowest BCUT2D eigenvalue weighted by Crippen LogP contribution is -2.41. The van der Waals surface area contributed by atoms with E-state index in [1.165, 1.54) is 15.9 Å². The zero-order chi connectivity index (χ0) is 21.4. The van der Waals surface area contributed by atoms with Gasteiger partial charge in [-0.05, 0) is 50.9 Å². The molecule has 160 valence electrons. The molecule has 10 heteroatoms. The maximum absolute atomic E-state index is 12.4. The van der Waals surface area contributed by atoms with Gasteiger partial charge in [0.25, 0.3) is 0 Å². The molecular formula is C20H22Cl2N4O3S. The number of piperidine rings is 1. The van der Waals surface area contributed by atoms with Gasteiger partial charge in [-0.15, -0.1) is 5.10 Å². The van der Waals surface area contributed by atoms with E-state index in [0.29, 0.717) is 38.9 Å². The van der Waals surface area contributed by atoms with Crippen LogP contribution in [-0.4, -0.2) is 50.3 Å². The predicted molar refractivity (Wildman–Crippen MR) is 117 cm³/mol. The van der Waals surface area contributed by atoms with Crippen molar-refractivity contribution in [2.24, 2.45) is 5.92 Å². The highest BCUT2D eigenvalue weighted by atomic mass is 35.5. The van der Waals surface area contributed by atoms with Crippen LogP contribution < -0.4 is 0 Å². The van der Waals surface area contributed by atoms with Gasteiger partial charge in [-0.25, -0.2) is 4.98 Å². The number of carbonyl (C=O) groups excluding carboxylic acids is 1. The van der Waals surface area contributed by atoms with Crippen molar-refractivity contribution in [3.63, 3.8) is 0 Å². The molecule has 30 heavy (non-hydrogen) atoms. The van der Waals surface area contributed by atoms with E-state index in [-0.39, 0.29) is 23.8 Å². The lowest BCUT2D eigenvalue weighted by Gasteiger charge is -2.37. The van der Waals surface area contributed by atoms with Gasteiger partial charge in [0.2, 0.25) is 10.8 Å². The first-order valence-electron chi connectivity index (χ1n) is 9.79. The Labute approximate surface area is 188 Å². The van der Waals surface area contributed by atoms with Gasteiger partial charge in [0.05, 0.1) is 33.5 Å². The second-order valence-corrected chi connectivity index (χ2v) is 9.13. The molecule has 1 N–H and O–H groups in total. The van der Waals surface area contributed by atoms with Crippen LogP contribution in [0.1, 0.15) is 42.1 Å². The highest BCUT2D eigenvalue weighted by Crippen LogP contribution is 2.42. The Bertz CT molecular complexity index is 1080. The van der Waals surface area contributed by atoms with Crippen LogP contribution in [0.2, 0.25) is 10.0 Å². The Morgan fingerprint density at radius 2 is 2.20 bits per heavy atom. The van der Waals surface area contributed by atoms with Crippen LogP contribution in [0, 0.1) is 12.8 Å². The number of likely N-dealkylation sites (tertiary alicyclic amines) is 1. The fourth-order valence-electron chi connectivity index (χ4n) is 3.93. The SMILES string of the molecule is CCOC(=O)[C@@H]1CCCN([C@@H](c2ccc(Cl)c(Cl)c2)c2sc3nc(C)nn3c2O)C1. The second-order valence-electron chi connectivity index (χ2n) is 7.31. The lowest BCUT2D eigenvalue weighted by molar-refractivity contribution is -0.150. The third kappa shape index (κ3) is 4.01. The van der Waals surface area contributed by atoms with Crippen molar-refractivity contribution in [2.75, 3.05) is 19.7 Å². The first kappa shape index (κ1) is 21.4. The molecular weight excluding hydrogens is 447 g/mol. The standard InChI is InChI=1S/C20H22Cl2N4O3S/c1-3-29-19(28)13-5-4-8-25(10-13)16(12-6-7-14(21)15(22)9-12)17-18(27)26-20(30-17)23-11(2)24-26/h6-7,9,13,16,27H,3-5,8,10H2,1-2H3/t13-,16+/m1/s1. The molecule has 0 unspecified atom stereocenters. The van der Waals surface area contributed by atoms with E-state index in [4.69, 9.17) is 27.9 Å². The van der Waals surface area contributed by atoms with Crippen molar-refractivity contribution in [1.82, 2.24) is 19.5 Å². The zero-order valence-electron chi connectivity index (χ0n) is 16.6. The van der Waals surface area contributed by atoms with Crippen LogP contribution in [-0.2, 0) is 9.53 Å². The second kappa shape index (κ2) is 8.70. The van der Waals surface area contributed by atoms with Gasteiger partial charge in [-0.3, -0.25) is 9.69 Å². The van der Waals surface area contributed by atoms with Gasteiger partial charge in [-0.2, -0.15) is 4.52 Å². The molecule has 1 aliphatic rings. The Kier molecular flexibility index (Phi) is 6.20. The number of aromatic hydroxyl groups is 1. The number of hydrogen-bond acceptors (Lipinski definition) is 7. The third-order valence-corrected chi connectivity index (χ3v) is 7.06. The van der Waals surface area contributed by atoms with Crippen molar-refractivity contribution in [1.29, 1.82) is 0 Å². The van der Waals surface area contributed by atoms with Gasteiger partial charge in [0, 0.05) is 6.54 Å². The van der Waals surface area contributed by atoms with Crippen LogP contribution >= 0.6 is 34.5 Å². The Morgan fingerprint density at radius 3 is 2.90 bits per heavy atom. The van der Waals surface area contributed by atoms with Crippen molar-refractivity contribution >= 4 is 45.5 Å². The van der Waals surface area contributed by atoms with Crippen LogP contribution in [0.4, 0.5) is 0 Å². The minimum Gasteiger partial charge on any atom is -0.492 e. The molecule has 2 atom stereocenters. The minimum atomic E-state index is -0.314. The zero-order valence-corrected chi connectivity index (χ0v) is 19.0. The molecule has 1 saturated heterocycles. The normalized spacial score (nSPS) is 18.6. The largest absolute Gasteiger partial charge is 0.492 e. The molecule has 0 bridgehead atoms. The van der Waals surface area contributed by atoms with E-state index in [1.54, 1.807) is 13.0 Å². The molecule has 0 aliphatic carbocycles. The van der Waals surface area contributed by atoms with Crippen molar-refractivity contribution < 1.29 is 14.6 Å². The average Bonchev–Trinajstić information content (AvgIpc) is 3.23. The Hall–Kier alpha value is -1.87. The number of thiazole rings is 1. The summed E-state index contributed by atoms with van der Waals surface area (Å²) in [4.78, 5) is 20.3. The molecule has 0 radical (unpaired) electrons. The number of hydrogen-bond donors (Lipinski definition) is 1. The van der Waals surface area contributed by atoms with Crippen LogP contribution in [0.5, 0.6) is 5.88 Å². The quantitative estimate of drug-likeness (QED) is 0.556. The number of ether oxygens (including phenoxy) is 1. The minimum absolute atomic E-state index is 0.0462. The number of carbonyl (C=O) groups is 1. The first-order chi connectivity index (χ1) is 14.4. The number of benzene rings is 1. The topological polar surface area (TPSA) is 80.0 Å². The third-order valence-electron chi connectivity index (χ3n) is 5.25. The maximum Gasteiger partial charge on any atom is 0.310 e. The van der Waals surface area contributed by atoms with Crippen molar-refractivity contribution in [3.8, 4) is 5.88 Å². The van der Waals surface area contributed by atoms with E-state index in [2.05, 4.69) is 15.0 Å². The summed E-state index contributed by atoms with van der Waals surface area (Å²) in [5.74, 6) is 0.243. The number of halogens is 2. The van der Waals surface area contributed by atoms with E-state index < -0.39 is 0 Å². The summed E-state index contributed by atoms with van der Waals surface area (Å²) < 4.78 is 6.70. The number of nitrogens with zero attached hydrogens (tertiary/aromatic N) is 4. The van der Waals surface area contributed by atoms with Crippen LogP contribution in [0.3, 0.4) is 0 Å². The molecule has 3 heterocycles. The maximum atomic E-state index is 12.4. The Morgan fingerprint density at radius 1 is 1.40 bits per heavy atom. The van der Waals surface area contributed by atoms with Crippen molar-refractivity contribution in [2.45, 2.75) is 32.7 Å². The summed E-state index contributed by atoms with van der Waals surface area (Å²) in [7, 11) is 0. The van der Waals surface area contributed by atoms with Gasteiger partial charge in [0.1, 0.15) is 5.82 Å². The van der Waals surface area contributed by atoms with Crippen LogP contribution in [0.25, 0.3) is 4.96 Å². The van der Waals surface area contributed by atoms with Gasteiger partial charge in [0.15, 0.2) is 0 Å². The molecule has 0 amide bonds. The number of rotatable bonds is 5. The predicted octanol–water partition coefficient (Wildman–Crippen LogP) is 4.48. The molecule has 1 aliphatic heterocycles. The number of aromatic nitrogens is 3. The summed E-state index contributed by atoms with van der Waals surface area (Å²) in [6.45, 7) is 5.25. The summed E-state index contributed by atoms with van der Waals surface area (Å²) >= 11 is 13.8. The summed E-state index contributed by atoms with van der Waals surface area (Å²) in [5.41, 5.74) is 0.880. The summed E-state index contributed by atoms with van der Waals surface area (Å²) in [6, 6.07) is 5.14. The first-order valence-corrected chi connectivity index (χ1v) is 11.4. The molecule has 1 fully saturated rings. The highest BCUT2D eigenvalue weighted by molar-refractivity contribution is 7.17. The van der Waals surface area contributed by atoms with Gasteiger partial charge >= 0.3 is 5.97 Å². The van der Waals surface area contributed by atoms with E-state index in [1.807, 2.05) is 19.1 Å². The molecule has 3 aromatic rings. The summed E-state index contributed by atoms with van der Waals surface area (Å²) in [6.07, 6.45) is 1.63. The fraction of sp³-hybridized carbons (Fsp3) is 0.450. The van der Waals surface area contributed by atoms with Crippen molar-refractivity contribution in [3.05, 3.63) is 44.5 Å². The summed E-state index contributed by atoms with van der Waals surface area (Å²) in [5, 5.41) is 16.1. The van der Waals surface area contributed by atoms with E-state index >= 15 is 0 Å². The van der Waals surface area contributed by atoms with E-state index in [0.717, 1.165) is 24.9 Å². The highest BCUT2D eigenvalue weighted by Gasteiger charge is 2.35. The molecule has 0 spiro atoms. The molecule has 4 rings (SSSR count). The van der Waals surface area contributed by atoms with Crippen LogP contribution in [0.15, 0.2) is 18.2 Å². The molecule has 1 aromatic carbocycles. The number of fused-ring (bicyclic) bond motifs is 1. The fourth-order valence-corrected chi connectivity index (χ4v) is 5.40. The van der Waals surface area contributed by atoms with Gasteiger partial charge < -0.3 is 9.84 Å². The monoisotopic (exact) mass is 468 g/mol. The molecule has 7 nitrogen and oxygen atoms in total. The smallest absolute Gasteiger partial charge is 0.310 e. The van der Waals surface area contributed by atoms with E-state index in [9.17, 15) is 9.90 Å². The lowest BCUT2D eigenvalue weighted by atomic mass is 9.94. The average molecular weight is 469 g/mol. The number of esters is 1.